The highest BCUT2D eigenvalue weighted by Crippen LogP contribution is 2.24. The zero-order valence-corrected chi connectivity index (χ0v) is 17.7. The van der Waals surface area contributed by atoms with Crippen LogP contribution < -0.4 is 5.32 Å². The van der Waals surface area contributed by atoms with Crippen LogP contribution >= 0.6 is 0 Å². The maximum absolute atomic E-state index is 13.1. The minimum atomic E-state index is -0.378. The quantitative estimate of drug-likeness (QED) is 0.724. The second kappa shape index (κ2) is 10.5. The summed E-state index contributed by atoms with van der Waals surface area (Å²) >= 11 is 0. The van der Waals surface area contributed by atoms with Gasteiger partial charge in [-0.25, -0.2) is 4.39 Å². The molecule has 0 spiro atoms. The number of piperidine rings is 2. The Morgan fingerprint density at radius 1 is 1.00 bits per heavy atom. The molecule has 3 rings (SSSR count). The van der Waals surface area contributed by atoms with Gasteiger partial charge in [-0.2, -0.15) is 0 Å². The van der Waals surface area contributed by atoms with Gasteiger partial charge in [-0.05, 0) is 56.4 Å². The molecule has 0 saturated carbocycles. The van der Waals surface area contributed by atoms with E-state index in [2.05, 4.69) is 12.2 Å². The van der Waals surface area contributed by atoms with Gasteiger partial charge < -0.3 is 15.1 Å². The van der Waals surface area contributed by atoms with Gasteiger partial charge in [0.2, 0.25) is 11.8 Å². The van der Waals surface area contributed by atoms with Crippen LogP contribution in [0.4, 0.5) is 4.39 Å². The van der Waals surface area contributed by atoms with E-state index >= 15 is 0 Å². The van der Waals surface area contributed by atoms with Crippen LogP contribution in [-0.2, 0) is 9.59 Å². The molecule has 30 heavy (non-hydrogen) atoms. The highest BCUT2D eigenvalue weighted by molar-refractivity contribution is 5.94. The summed E-state index contributed by atoms with van der Waals surface area (Å²) in [6, 6.07) is 5.52. The largest absolute Gasteiger partial charge is 0.356 e. The second-order valence-electron chi connectivity index (χ2n) is 8.37. The van der Waals surface area contributed by atoms with Crippen molar-refractivity contribution in [2.24, 2.45) is 11.8 Å². The molecule has 2 saturated heterocycles. The molecular weight excluding hydrogens is 385 g/mol. The van der Waals surface area contributed by atoms with Gasteiger partial charge in [-0.1, -0.05) is 13.3 Å². The number of carbonyl (C=O) groups is 3. The number of unbranched alkanes of at least 4 members (excludes halogenated alkanes) is 1. The highest BCUT2D eigenvalue weighted by Gasteiger charge is 2.35. The summed E-state index contributed by atoms with van der Waals surface area (Å²) in [7, 11) is 0. The van der Waals surface area contributed by atoms with E-state index in [4.69, 9.17) is 0 Å². The van der Waals surface area contributed by atoms with Crippen LogP contribution in [0.25, 0.3) is 0 Å². The molecule has 1 N–H and O–H groups in total. The van der Waals surface area contributed by atoms with Crippen molar-refractivity contribution in [1.82, 2.24) is 15.1 Å². The lowest BCUT2D eigenvalue weighted by molar-refractivity contribution is -0.140. The van der Waals surface area contributed by atoms with Crippen LogP contribution in [0.2, 0.25) is 0 Å². The van der Waals surface area contributed by atoms with Crippen molar-refractivity contribution < 1.29 is 18.8 Å². The highest BCUT2D eigenvalue weighted by atomic mass is 19.1. The molecule has 0 bridgehead atoms. The molecule has 2 unspecified atom stereocenters. The van der Waals surface area contributed by atoms with E-state index in [0.717, 1.165) is 38.5 Å². The van der Waals surface area contributed by atoms with E-state index in [9.17, 15) is 18.8 Å². The van der Waals surface area contributed by atoms with E-state index in [0.29, 0.717) is 38.3 Å². The topological polar surface area (TPSA) is 69.7 Å². The standard InChI is InChI=1S/C23H32FN3O3/c1-2-3-12-25-21(28)18-6-4-13-26(15-18)23(30)19-7-5-14-27(16-19)22(29)17-8-10-20(24)11-9-17/h8-11,18-19H,2-7,12-16H2,1H3,(H,25,28). The lowest BCUT2D eigenvalue weighted by atomic mass is 9.92. The van der Waals surface area contributed by atoms with Gasteiger partial charge in [0.1, 0.15) is 5.82 Å². The molecule has 2 aliphatic heterocycles. The molecule has 1 aromatic carbocycles. The fraction of sp³-hybridized carbons (Fsp3) is 0.609. The summed E-state index contributed by atoms with van der Waals surface area (Å²) in [5.41, 5.74) is 0.436. The van der Waals surface area contributed by atoms with Crippen LogP contribution in [0.1, 0.15) is 55.8 Å². The maximum Gasteiger partial charge on any atom is 0.253 e. The number of carbonyl (C=O) groups excluding carboxylic acids is 3. The summed E-state index contributed by atoms with van der Waals surface area (Å²) in [6.45, 7) is 4.87. The number of halogens is 1. The van der Waals surface area contributed by atoms with E-state index in [-0.39, 0.29) is 35.4 Å². The van der Waals surface area contributed by atoms with Gasteiger partial charge in [-0.3, -0.25) is 14.4 Å². The molecule has 2 atom stereocenters. The first-order chi connectivity index (χ1) is 14.5. The Bertz CT molecular complexity index is 753. The van der Waals surface area contributed by atoms with Crippen molar-refractivity contribution in [3.05, 3.63) is 35.6 Å². The predicted molar refractivity (Wildman–Crippen MR) is 112 cm³/mol. The van der Waals surface area contributed by atoms with E-state index in [1.807, 2.05) is 4.90 Å². The third-order valence-electron chi connectivity index (χ3n) is 6.08. The Morgan fingerprint density at radius 3 is 2.33 bits per heavy atom. The number of hydrogen-bond donors (Lipinski definition) is 1. The number of likely N-dealkylation sites (tertiary alicyclic amines) is 2. The molecule has 0 radical (unpaired) electrons. The second-order valence-corrected chi connectivity index (χ2v) is 8.37. The summed E-state index contributed by atoms with van der Waals surface area (Å²) in [5.74, 6) is -0.864. The van der Waals surface area contributed by atoms with Gasteiger partial charge in [-0.15, -0.1) is 0 Å². The van der Waals surface area contributed by atoms with E-state index in [1.54, 1.807) is 4.90 Å². The maximum atomic E-state index is 13.1. The molecule has 0 aliphatic carbocycles. The molecule has 0 aromatic heterocycles. The first-order valence-electron chi connectivity index (χ1n) is 11.1. The van der Waals surface area contributed by atoms with Crippen molar-refractivity contribution in [3.8, 4) is 0 Å². The molecule has 164 valence electrons. The van der Waals surface area contributed by atoms with Crippen LogP contribution in [0.3, 0.4) is 0 Å². The minimum absolute atomic E-state index is 0.0395. The van der Waals surface area contributed by atoms with E-state index < -0.39 is 0 Å². The van der Waals surface area contributed by atoms with Crippen LogP contribution in [-0.4, -0.2) is 60.2 Å². The third kappa shape index (κ3) is 5.58. The fourth-order valence-corrected chi connectivity index (χ4v) is 4.32. The van der Waals surface area contributed by atoms with Crippen molar-refractivity contribution in [2.75, 3.05) is 32.7 Å². The van der Waals surface area contributed by atoms with Crippen molar-refractivity contribution >= 4 is 17.7 Å². The first-order valence-corrected chi connectivity index (χ1v) is 11.1. The van der Waals surface area contributed by atoms with Crippen molar-refractivity contribution in [1.29, 1.82) is 0 Å². The van der Waals surface area contributed by atoms with E-state index in [1.165, 1.54) is 24.3 Å². The number of nitrogens with one attached hydrogen (secondary N) is 1. The van der Waals surface area contributed by atoms with Gasteiger partial charge in [0.25, 0.3) is 5.91 Å². The van der Waals surface area contributed by atoms with Gasteiger partial charge in [0.05, 0.1) is 11.8 Å². The Morgan fingerprint density at radius 2 is 1.63 bits per heavy atom. The van der Waals surface area contributed by atoms with Crippen LogP contribution in [0.5, 0.6) is 0 Å². The Kier molecular flexibility index (Phi) is 7.82. The summed E-state index contributed by atoms with van der Waals surface area (Å²) in [5, 5.41) is 2.98. The first kappa shape index (κ1) is 22.2. The third-order valence-corrected chi connectivity index (χ3v) is 6.08. The number of nitrogens with zero attached hydrogens (tertiary/aromatic N) is 2. The SMILES string of the molecule is CCCCNC(=O)C1CCCN(C(=O)C2CCCN(C(=O)c3ccc(F)cc3)C2)C1. The van der Waals surface area contributed by atoms with Gasteiger partial charge in [0.15, 0.2) is 0 Å². The monoisotopic (exact) mass is 417 g/mol. The zero-order chi connectivity index (χ0) is 21.5. The zero-order valence-electron chi connectivity index (χ0n) is 17.7. The molecule has 2 heterocycles. The Labute approximate surface area is 177 Å². The Balaban J connectivity index is 1.57. The normalized spacial score (nSPS) is 21.9. The Hall–Kier alpha value is -2.44. The molecule has 3 amide bonds. The van der Waals surface area contributed by atoms with Gasteiger partial charge in [0, 0.05) is 38.3 Å². The molecule has 1 aromatic rings. The lowest BCUT2D eigenvalue weighted by Gasteiger charge is -2.38. The lowest BCUT2D eigenvalue weighted by Crippen LogP contribution is -2.51. The average molecular weight is 418 g/mol. The number of benzene rings is 1. The van der Waals surface area contributed by atoms with Crippen molar-refractivity contribution in [3.63, 3.8) is 0 Å². The number of hydrogen-bond acceptors (Lipinski definition) is 3. The molecule has 2 fully saturated rings. The minimum Gasteiger partial charge on any atom is -0.356 e. The smallest absolute Gasteiger partial charge is 0.253 e. The molecular formula is C23H32FN3O3. The van der Waals surface area contributed by atoms with Crippen LogP contribution in [0.15, 0.2) is 24.3 Å². The molecule has 2 aliphatic rings. The van der Waals surface area contributed by atoms with Gasteiger partial charge >= 0.3 is 0 Å². The summed E-state index contributed by atoms with van der Waals surface area (Å²) < 4.78 is 13.1. The molecule has 6 nitrogen and oxygen atoms in total. The number of amides is 3. The molecule has 7 heteroatoms. The summed E-state index contributed by atoms with van der Waals surface area (Å²) in [4.78, 5) is 41.8. The fourth-order valence-electron chi connectivity index (χ4n) is 4.32. The summed E-state index contributed by atoms with van der Waals surface area (Å²) in [6.07, 6.45) is 5.13. The van der Waals surface area contributed by atoms with Crippen LogP contribution in [0, 0.1) is 17.7 Å². The average Bonchev–Trinajstić information content (AvgIpc) is 2.79. The van der Waals surface area contributed by atoms with Crippen molar-refractivity contribution in [2.45, 2.75) is 45.4 Å². The number of rotatable bonds is 6. The predicted octanol–water partition coefficient (Wildman–Crippen LogP) is 2.83.